The molecule has 36 heavy (non-hydrogen) atoms. The lowest BCUT2D eigenvalue weighted by Crippen LogP contribution is -2.40. The van der Waals surface area contributed by atoms with Gasteiger partial charge in [0.15, 0.2) is 17.4 Å². The molecule has 4 heterocycles. The number of rotatable bonds is 6. The molecule has 0 N–H and O–H groups in total. The summed E-state index contributed by atoms with van der Waals surface area (Å²) in [7, 11) is 3.13. The first-order valence-electron chi connectivity index (χ1n) is 11.2. The van der Waals surface area contributed by atoms with Crippen molar-refractivity contribution in [2.75, 3.05) is 14.2 Å². The van der Waals surface area contributed by atoms with Crippen LogP contribution in [0.1, 0.15) is 23.3 Å². The van der Waals surface area contributed by atoms with Crippen molar-refractivity contribution in [1.82, 2.24) is 20.4 Å². The van der Waals surface area contributed by atoms with Crippen LogP contribution >= 0.6 is 0 Å². The van der Waals surface area contributed by atoms with Gasteiger partial charge in [-0.2, -0.15) is 0 Å². The third-order valence-electron chi connectivity index (χ3n) is 6.20. The quantitative estimate of drug-likeness (QED) is 0.372. The van der Waals surface area contributed by atoms with Crippen LogP contribution in [0.5, 0.6) is 11.5 Å². The lowest BCUT2D eigenvalue weighted by atomic mass is 9.99. The fraction of sp³-hybridized carbons (Fsp3) is 0.240. The first kappa shape index (κ1) is 22.0. The number of ether oxygens (including phenoxy) is 3. The molecule has 2 aromatic carbocycles. The molecule has 0 radical (unpaired) electrons. The summed E-state index contributed by atoms with van der Waals surface area (Å²) in [5.74, 6) is 0.138. The van der Waals surface area contributed by atoms with Crippen molar-refractivity contribution >= 4 is 22.9 Å². The Balaban J connectivity index is 1.50. The maximum absolute atomic E-state index is 13.5. The summed E-state index contributed by atoms with van der Waals surface area (Å²) in [6, 6.07) is 14.1. The number of piperidine rings is 1. The Labute approximate surface area is 204 Å². The number of hydroxylamine groups is 2. The zero-order chi connectivity index (χ0) is 24.8. The Kier molecular flexibility index (Phi) is 5.26. The summed E-state index contributed by atoms with van der Waals surface area (Å²) in [5, 5.41) is 9.15. The molecule has 2 saturated heterocycles. The molecule has 4 aromatic rings. The van der Waals surface area contributed by atoms with Gasteiger partial charge in [-0.1, -0.05) is 12.1 Å². The summed E-state index contributed by atoms with van der Waals surface area (Å²) in [4.78, 5) is 36.2. The number of aromatic nitrogens is 3. The summed E-state index contributed by atoms with van der Waals surface area (Å²) in [5.41, 5.74) is 2.62. The molecular weight excluding hydrogens is 468 g/mol. The normalized spacial score (nSPS) is 18.6. The largest absolute Gasteiger partial charge is 0.497 e. The van der Waals surface area contributed by atoms with Gasteiger partial charge in [-0.05, 0) is 58.7 Å². The number of carbonyl (C=O) groups is 2. The number of methoxy groups -OCH3 is 2. The van der Waals surface area contributed by atoms with Gasteiger partial charge in [-0.15, -0.1) is 5.06 Å². The highest BCUT2D eigenvalue weighted by atomic mass is 16.8. The van der Waals surface area contributed by atoms with E-state index in [0.29, 0.717) is 51.3 Å². The second kappa shape index (κ2) is 8.61. The standard InChI is InChI=1S/C25H20N4O7/c1-32-15-7-3-13(4-8-15)19-21-23(28-36-27-21)20(14-5-9-16(33-2)10-6-14)26-22(19)25(31)35-29-18(30)12-11-17-24(29)34-17/h3-10,17,24H,11-12H2,1-2H3. The first-order chi connectivity index (χ1) is 17.6. The average molecular weight is 488 g/mol. The number of benzene rings is 2. The molecule has 182 valence electrons. The van der Waals surface area contributed by atoms with Crippen molar-refractivity contribution in [1.29, 1.82) is 0 Å². The molecule has 2 atom stereocenters. The second-order valence-electron chi connectivity index (χ2n) is 8.30. The van der Waals surface area contributed by atoms with Crippen LogP contribution in [0.25, 0.3) is 33.4 Å². The van der Waals surface area contributed by atoms with E-state index in [4.69, 9.17) is 23.7 Å². The molecule has 2 aliphatic heterocycles. The minimum Gasteiger partial charge on any atom is -0.497 e. The van der Waals surface area contributed by atoms with Crippen LogP contribution in [0, 0.1) is 0 Å². The van der Waals surface area contributed by atoms with Crippen molar-refractivity contribution in [3.05, 3.63) is 54.2 Å². The van der Waals surface area contributed by atoms with Crippen LogP contribution in [0.15, 0.2) is 53.2 Å². The molecule has 2 aromatic heterocycles. The number of amides is 1. The maximum Gasteiger partial charge on any atom is 0.382 e. The zero-order valence-electron chi connectivity index (χ0n) is 19.3. The van der Waals surface area contributed by atoms with E-state index >= 15 is 0 Å². The Bertz CT molecular complexity index is 1470. The van der Waals surface area contributed by atoms with Gasteiger partial charge in [0, 0.05) is 17.5 Å². The molecule has 0 spiro atoms. The molecule has 2 aliphatic rings. The van der Waals surface area contributed by atoms with E-state index < -0.39 is 12.2 Å². The fourth-order valence-electron chi connectivity index (χ4n) is 4.27. The third kappa shape index (κ3) is 3.69. The van der Waals surface area contributed by atoms with Crippen molar-refractivity contribution in [3.63, 3.8) is 0 Å². The van der Waals surface area contributed by atoms with E-state index in [9.17, 15) is 9.59 Å². The van der Waals surface area contributed by atoms with Crippen LogP contribution in [0.3, 0.4) is 0 Å². The molecule has 2 unspecified atom stereocenters. The van der Waals surface area contributed by atoms with Crippen LogP contribution in [0.2, 0.25) is 0 Å². The number of pyridine rings is 1. The molecule has 6 rings (SSSR count). The summed E-state index contributed by atoms with van der Waals surface area (Å²) < 4.78 is 21.0. The van der Waals surface area contributed by atoms with Crippen molar-refractivity contribution < 1.29 is 33.3 Å². The SMILES string of the molecule is COc1ccc(-c2nc(C(=O)ON3C(=O)CCC4OC43)c(-c3ccc(OC)cc3)c3nonc23)cc1. The zero-order valence-corrected chi connectivity index (χ0v) is 19.3. The van der Waals surface area contributed by atoms with Gasteiger partial charge < -0.3 is 19.0 Å². The smallest absolute Gasteiger partial charge is 0.382 e. The number of nitrogens with zero attached hydrogens (tertiary/aromatic N) is 4. The number of fused-ring (bicyclic) bond motifs is 2. The Morgan fingerprint density at radius 1 is 0.944 bits per heavy atom. The van der Waals surface area contributed by atoms with Gasteiger partial charge in [0.25, 0.3) is 5.91 Å². The second-order valence-corrected chi connectivity index (χ2v) is 8.30. The van der Waals surface area contributed by atoms with Crippen molar-refractivity contribution in [2.45, 2.75) is 25.2 Å². The van der Waals surface area contributed by atoms with E-state index in [1.165, 1.54) is 0 Å². The van der Waals surface area contributed by atoms with Crippen LogP contribution < -0.4 is 9.47 Å². The molecule has 11 nitrogen and oxygen atoms in total. The van der Waals surface area contributed by atoms with Gasteiger partial charge in [-0.3, -0.25) is 4.79 Å². The molecule has 1 amide bonds. The monoisotopic (exact) mass is 488 g/mol. The van der Waals surface area contributed by atoms with Gasteiger partial charge in [0.1, 0.15) is 28.8 Å². The predicted molar refractivity (Wildman–Crippen MR) is 124 cm³/mol. The molecule has 11 heteroatoms. The van der Waals surface area contributed by atoms with E-state index in [-0.39, 0.29) is 24.1 Å². The number of hydrogen-bond acceptors (Lipinski definition) is 10. The highest BCUT2D eigenvalue weighted by Gasteiger charge is 2.52. The summed E-state index contributed by atoms with van der Waals surface area (Å²) >= 11 is 0. The van der Waals surface area contributed by atoms with Crippen molar-refractivity contribution in [3.8, 4) is 33.9 Å². The van der Waals surface area contributed by atoms with Crippen LogP contribution in [0.4, 0.5) is 0 Å². The van der Waals surface area contributed by atoms with E-state index in [1.807, 2.05) is 0 Å². The number of epoxide rings is 1. The van der Waals surface area contributed by atoms with Crippen LogP contribution in [-0.4, -0.2) is 58.8 Å². The lowest BCUT2D eigenvalue weighted by Gasteiger charge is -2.22. The highest BCUT2D eigenvalue weighted by Crippen LogP contribution is 2.38. The Morgan fingerprint density at radius 3 is 2.25 bits per heavy atom. The Hall–Kier alpha value is -4.51. The van der Waals surface area contributed by atoms with Gasteiger partial charge in [0.05, 0.1) is 14.2 Å². The van der Waals surface area contributed by atoms with Gasteiger partial charge in [-0.25, -0.2) is 14.4 Å². The highest BCUT2D eigenvalue weighted by molar-refractivity contribution is 6.07. The van der Waals surface area contributed by atoms with Gasteiger partial charge >= 0.3 is 5.97 Å². The Morgan fingerprint density at radius 2 is 1.58 bits per heavy atom. The lowest BCUT2D eigenvalue weighted by molar-refractivity contribution is -0.178. The molecule has 0 aliphatic carbocycles. The molecule has 0 bridgehead atoms. The van der Waals surface area contributed by atoms with E-state index in [1.54, 1.807) is 62.8 Å². The minimum atomic E-state index is -0.829. The summed E-state index contributed by atoms with van der Waals surface area (Å²) in [6.07, 6.45) is 0.140. The third-order valence-corrected chi connectivity index (χ3v) is 6.20. The average Bonchev–Trinajstić information content (AvgIpc) is 3.55. The maximum atomic E-state index is 13.5. The summed E-state index contributed by atoms with van der Waals surface area (Å²) in [6.45, 7) is 0. The van der Waals surface area contributed by atoms with E-state index in [0.717, 1.165) is 5.06 Å². The minimum absolute atomic E-state index is 0.0511. The topological polar surface area (TPSA) is 129 Å². The molecule has 0 saturated carbocycles. The first-order valence-corrected chi connectivity index (χ1v) is 11.2. The van der Waals surface area contributed by atoms with E-state index in [2.05, 4.69) is 15.3 Å². The number of carbonyl (C=O) groups excluding carboxylic acids is 2. The number of hydrogen-bond donors (Lipinski definition) is 0. The van der Waals surface area contributed by atoms with Crippen LogP contribution in [-0.2, 0) is 14.4 Å². The predicted octanol–water partition coefficient (Wildman–Crippen LogP) is 3.39. The molecular formula is C25H20N4O7. The fourth-order valence-corrected chi connectivity index (χ4v) is 4.27. The van der Waals surface area contributed by atoms with Gasteiger partial charge in [0.2, 0.25) is 0 Å². The molecule has 2 fully saturated rings. The van der Waals surface area contributed by atoms with Crippen molar-refractivity contribution in [2.24, 2.45) is 0 Å².